The Morgan fingerprint density at radius 2 is 1.96 bits per heavy atom. The summed E-state index contributed by atoms with van der Waals surface area (Å²) in [6, 6.07) is 4.04. The number of nitrogens with zero attached hydrogens (tertiary/aromatic N) is 3. The fourth-order valence-corrected chi connectivity index (χ4v) is 2.95. The van der Waals surface area contributed by atoms with Crippen molar-refractivity contribution < 1.29 is 4.74 Å². The van der Waals surface area contributed by atoms with Crippen molar-refractivity contribution >= 4 is 11.5 Å². The Hall–Kier alpha value is -2.37. The van der Waals surface area contributed by atoms with Gasteiger partial charge in [-0.1, -0.05) is 0 Å². The van der Waals surface area contributed by atoms with Crippen LogP contribution in [-0.4, -0.2) is 21.9 Å². The Bertz CT molecular complexity index is 824. The fourth-order valence-electron chi connectivity index (χ4n) is 2.95. The first kappa shape index (κ1) is 16.5. The molecular formula is C18H24N4O2. The maximum absolute atomic E-state index is 12.8. The summed E-state index contributed by atoms with van der Waals surface area (Å²) in [7, 11) is 1.65. The maximum atomic E-state index is 12.8. The molecule has 3 rings (SSSR count). The van der Waals surface area contributed by atoms with Crippen LogP contribution >= 0.6 is 0 Å². The molecule has 1 atom stereocenters. The van der Waals surface area contributed by atoms with E-state index in [1.807, 2.05) is 32.9 Å². The molecule has 1 aromatic heterocycles. The highest BCUT2D eigenvalue weighted by atomic mass is 16.5. The number of benzene rings is 1. The first-order chi connectivity index (χ1) is 11.4. The van der Waals surface area contributed by atoms with Crippen LogP contribution in [0, 0.1) is 26.7 Å². The summed E-state index contributed by atoms with van der Waals surface area (Å²) in [6.45, 7) is 7.82. The number of anilines is 2. The smallest absolute Gasteiger partial charge is 0.310 e. The van der Waals surface area contributed by atoms with E-state index in [9.17, 15) is 4.79 Å². The summed E-state index contributed by atoms with van der Waals surface area (Å²) in [6.07, 6.45) is 2.33. The molecule has 0 saturated heterocycles. The van der Waals surface area contributed by atoms with Crippen LogP contribution in [-0.2, 0) is 0 Å². The molecule has 1 aromatic carbocycles. The number of hydrogen-bond acceptors (Lipinski definition) is 5. The molecular weight excluding hydrogens is 304 g/mol. The molecule has 1 heterocycles. The highest BCUT2D eigenvalue weighted by Gasteiger charge is 2.31. The molecule has 0 spiro atoms. The van der Waals surface area contributed by atoms with Crippen molar-refractivity contribution in [3.8, 4) is 5.75 Å². The van der Waals surface area contributed by atoms with Crippen molar-refractivity contribution in [2.45, 2.75) is 46.6 Å². The van der Waals surface area contributed by atoms with Gasteiger partial charge in [-0.05, 0) is 69.7 Å². The van der Waals surface area contributed by atoms with Gasteiger partial charge in [-0.2, -0.15) is 5.10 Å². The first-order valence-corrected chi connectivity index (χ1v) is 8.30. The van der Waals surface area contributed by atoms with E-state index >= 15 is 0 Å². The van der Waals surface area contributed by atoms with Crippen LogP contribution in [0.15, 0.2) is 16.9 Å². The second kappa shape index (κ2) is 6.26. The quantitative estimate of drug-likeness (QED) is 0.912. The zero-order chi connectivity index (χ0) is 17.4. The third-order valence-electron chi connectivity index (χ3n) is 4.62. The molecule has 1 unspecified atom stereocenters. The third-order valence-corrected chi connectivity index (χ3v) is 4.62. The normalized spacial score (nSPS) is 15.2. The van der Waals surface area contributed by atoms with Crippen LogP contribution in [0.4, 0.5) is 11.5 Å². The first-order valence-electron chi connectivity index (χ1n) is 8.30. The van der Waals surface area contributed by atoms with E-state index in [2.05, 4.69) is 22.3 Å². The van der Waals surface area contributed by atoms with E-state index in [-0.39, 0.29) is 11.6 Å². The Labute approximate surface area is 141 Å². The molecule has 0 amide bonds. The lowest BCUT2D eigenvalue weighted by atomic mass is 10.1. The van der Waals surface area contributed by atoms with Crippen molar-refractivity contribution in [3.63, 3.8) is 0 Å². The Morgan fingerprint density at radius 3 is 2.58 bits per heavy atom. The predicted octanol–water partition coefficient (Wildman–Crippen LogP) is 3.29. The summed E-state index contributed by atoms with van der Waals surface area (Å²) >= 11 is 0. The minimum Gasteiger partial charge on any atom is -0.496 e. The molecule has 0 radical (unpaired) electrons. The summed E-state index contributed by atoms with van der Waals surface area (Å²) in [4.78, 5) is 17.1. The van der Waals surface area contributed by atoms with Gasteiger partial charge in [0, 0.05) is 5.69 Å². The number of ether oxygens (including phenoxy) is 1. The van der Waals surface area contributed by atoms with Gasteiger partial charge < -0.3 is 10.1 Å². The van der Waals surface area contributed by atoms with Gasteiger partial charge in [-0.3, -0.25) is 4.79 Å². The van der Waals surface area contributed by atoms with Gasteiger partial charge in [0.2, 0.25) is 5.82 Å². The van der Waals surface area contributed by atoms with E-state index in [0.717, 1.165) is 35.4 Å². The van der Waals surface area contributed by atoms with Crippen LogP contribution in [0.25, 0.3) is 0 Å². The van der Waals surface area contributed by atoms with Crippen LogP contribution in [0.5, 0.6) is 5.75 Å². The number of aromatic nitrogens is 3. The van der Waals surface area contributed by atoms with Crippen molar-refractivity contribution in [2.75, 3.05) is 12.4 Å². The minimum atomic E-state index is -0.173. The van der Waals surface area contributed by atoms with E-state index in [0.29, 0.717) is 17.6 Å². The van der Waals surface area contributed by atoms with Crippen molar-refractivity contribution in [1.82, 2.24) is 14.8 Å². The van der Waals surface area contributed by atoms with Crippen LogP contribution < -0.4 is 15.6 Å². The molecule has 1 aliphatic carbocycles. The SMILES string of the molecule is COc1cc(C)c(Nc2nc(C)nn(C(C)C3CC3)c2=O)cc1C. The van der Waals surface area contributed by atoms with Crippen LogP contribution in [0.1, 0.15) is 42.8 Å². The van der Waals surface area contributed by atoms with Crippen molar-refractivity contribution in [3.05, 3.63) is 39.4 Å². The standard InChI is InChI=1S/C18H24N4O2/c1-10-9-16(24-5)11(2)8-15(10)20-17-18(23)22(21-13(4)19-17)12(3)14-6-7-14/h8-9,12,14H,6-7H2,1-5H3,(H,19,20,21). The van der Waals surface area contributed by atoms with Gasteiger partial charge >= 0.3 is 5.56 Å². The largest absolute Gasteiger partial charge is 0.496 e. The second-order valence-corrected chi connectivity index (χ2v) is 6.60. The lowest BCUT2D eigenvalue weighted by Crippen LogP contribution is -2.30. The van der Waals surface area contributed by atoms with Crippen molar-refractivity contribution in [2.24, 2.45) is 5.92 Å². The lowest BCUT2D eigenvalue weighted by Gasteiger charge is -2.16. The highest BCUT2D eigenvalue weighted by Crippen LogP contribution is 2.38. The second-order valence-electron chi connectivity index (χ2n) is 6.60. The average Bonchev–Trinajstić information content (AvgIpc) is 3.37. The van der Waals surface area contributed by atoms with E-state index in [4.69, 9.17) is 4.74 Å². The Balaban J connectivity index is 1.98. The van der Waals surface area contributed by atoms with Gasteiger partial charge in [0.05, 0.1) is 13.2 Å². The number of hydrogen-bond donors (Lipinski definition) is 1. The molecule has 1 fully saturated rings. The number of methoxy groups -OCH3 is 1. The van der Waals surface area contributed by atoms with Gasteiger partial charge in [-0.25, -0.2) is 9.67 Å². The topological polar surface area (TPSA) is 69.0 Å². The molecule has 0 aliphatic heterocycles. The molecule has 0 bridgehead atoms. The molecule has 24 heavy (non-hydrogen) atoms. The Kier molecular flexibility index (Phi) is 4.30. The summed E-state index contributed by atoms with van der Waals surface area (Å²) in [5, 5.41) is 7.52. The molecule has 2 aromatic rings. The molecule has 128 valence electrons. The van der Waals surface area contributed by atoms with Crippen molar-refractivity contribution in [1.29, 1.82) is 0 Å². The monoisotopic (exact) mass is 328 g/mol. The minimum absolute atomic E-state index is 0.110. The molecule has 6 nitrogen and oxygen atoms in total. The van der Waals surface area contributed by atoms with Gasteiger partial charge in [0.25, 0.3) is 0 Å². The van der Waals surface area contributed by atoms with E-state index < -0.39 is 0 Å². The molecule has 1 aliphatic rings. The Morgan fingerprint density at radius 1 is 1.25 bits per heavy atom. The zero-order valence-electron chi connectivity index (χ0n) is 14.9. The molecule has 6 heteroatoms. The van der Waals surface area contributed by atoms with Gasteiger partial charge in [-0.15, -0.1) is 0 Å². The average molecular weight is 328 g/mol. The van der Waals surface area contributed by atoms with E-state index in [1.54, 1.807) is 11.8 Å². The van der Waals surface area contributed by atoms with Gasteiger partial charge in [0.15, 0.2) is 0 Å². The predicted molar refractivity (Wildman–Crippen MR) is 94.2 cm³/mol. The molecule has 1 N–H and O–H groups in total. The van der Waals surface area contributed by atoms with Crippen LogP contribution in [0.3, 0.4) is 0 Å². The molecule has 1 saturated carbocycles. The third kappa shape index (κ3) is 3.13. The summed E-state index contributed by atoms with van der Waals surface area (Å²) in [5.74, 6) is 2.29. The van der Waals surface area contributed by atoms with Gasteiger partial charge in [0.1, 0.15) is 11.6 Å². The fraction of sp³-hybridized carbons (Fsp3) is 0.500. The maximum Gasteiger partial charge on any atom is 0.310 e. The number of nitrogens with one attached hydrogen (secondary N) is 1. The zero-order valence-corrected chi connectivity index (χ0v) is 14.9. The number of aryl methyl sites for hydroxylation is 3. The number of rotatable bonds is 5. The summed E-state index contributed by atoms with van der Waals surface area (Å²) < 4.78 is 6.92. The summed E-state index contributed by atoms with van der Waals surface area (Å²) in [5.41, 5.74) is 2.68. The highest BCUT2D eigenvalue weighted by molar-refractivity contribution is 5.63. The lowest BCUT2D eigenvalue weighted by molar-refractivity contribution is 0.411. The van der Waals surface area contributed by atoms with E-state index in [1.165, 1.54) is 0 Å². The van der Waals surface area contributed by atoms with Crippen LogP contribution in [0.2, 0.25) is 0 Å².